The number of benzene rings is 7. The number of hydrogen-bond donors (Lipinski definition) is 0. The van der Waals surface area contributed by atoms with Crippen molar-refractivity contribution in [3.8, 4) is 28.2 Å². The lowest BCUT2D eigenvalue weighted by atomic mass is 9.97. The van der Waals surface area contributed by atoms with Crippen LogP contribution in [0.3, 0.4) is 0 Å². The molecule has 0 bridgehead atoms. The molecule has 0 spiro atoms. The van der Waals surface area contributed by atoms with E-state index in [4.69, 9.17) is 4.98 Å². The van der Waals surface area contributed by atoms with E-state index >= 15 is 0 Å². The van der Waals surface area contributed by atoms with E-state index in [0.717, 1.165) is 28.1 Å². The van der Waals surface area contributed by atoms with Gasteiger partial charge >= 0.3 is 0 Å². The van der Waals surface area contributed by atoms with E-state index in [1.807, 2.05) is 12.4 Å². The highest BCUT2D eigenvalue weighted by Crippen LogP contribution is 2.43. The van der Waals surface area contributed by atoms with Gasteiger partial charge in [0.05, 0.1) is 56.9 Å². The molecule has 238 valence electrons. The third-order valence-electron chi connectivity index (χ3n) is 10.5. The molecule has 51 heavy (non-hydrogen) atoms. The van der Waals surface area contributed by atoms with E-state index in [1.54, 1.807) is 0 Å². The Labute approximate surface area is 293 Å². The molecule has 0 saturated carbocycles. The van der Waals surface area contributed by atoms with Gasteiger partial charge < -0.3 is 13.7 Å². The Morgan fingerprint density at radius 2 is 0.765 bits per heavy atom. The monoisotopic (exact) mass is 650 g/mol. The minimum Gasteiger partial charge on any atom is -0.309 e. The van der Waals surface area contributed by atoms with Crippen molar-refractivity contribution in [2.24, 2.45) is 0 Å². The van der Waals surface area contributed by atoms with Crippen LogP contribution in [0.1, 0.15) is 0 Å². The fourth-order valence-corrected chi connectivity index (χ4v) is 8.46. The zero-order chi connectivity index (χ0) is 33.5. The summed E-state index contributed by atoms with van der Waals surface area (Å²) in [6.07, 6.45) is 3.97. The van der Waals surface area contributed by atoms with Crippen molar-refractivity contribution in [2.45, 2.75) is 0 Å². The molecule has 0 radical (unpaired) electrons. The highest BCUT2D eigenvalue weighted by atomic mass is 15.0. The van der Waals surface area contributed by atoms with Gasteiger partial charge in [-0.05, 0) is 54.1 Å². The number of hydrogen-bond acceptors (Lipinski definition) is 1. The zero-order valence-corrected chi connectivity index (χ0v) is 27.6. The first kappa shape index (κ1) is 28.0. The smallest absolute Gasteiger partial charge is 0.0666 e. The minimum atomic E-state index is 1.02. The van der Waals surface area contributed by atoms with Gasteiger partial charge in [-0.15, -0.1) is 0 Å². The van der Waals surface area contributed by atoms with Gasteiger partial charge in [-0.2, -0.15) is 0 Å². The summed E-state index contributed by atoms with van der Waals surface area (Å²) in [7, 11) is 0. The Balaban J connectivity index is 1.20. The average molecular weight is 651 g/mol. The van der Waals surface area contributed by atoms with Gasteiger partial charge in [0.25, 0.3) is 0 Å². The predicted molar refractivity (Wildman–Crippen MR) is 213 cm³/mol. The second-order valence-electron chi connectivity index (χ2n) is 13.2. The van der Waals surface area contributed by atoms with Gasteiger partial charge in [0, 0.05) is 43.6 Å². The summed E-state index contributed by atoms with van der Waals surface area (Å²) < 4.78 is 7.14. The highest BCUT2D eigenvalue weighted by Gasteiger charge is 2.21. The predicted octanol–water partition coefficient (Wildman–Crippen LogP) is 12.0. The summed E-state index contributed by atoms with van der Waals surface area (Å²) in [5.41, 5.74) is 12.7. The quantitative estimate of drug-likeness (QED) is 0.186. The summed E-state index contributed by atoms with van der Waals surface area (Å²) in [5.74, 6) is 0. The first-order valence-electron chi connectivity index (χ1n) is 17.4. The topological polar surface area (TPSA) is 27.7 Å². The molecule has 0 aliphatic carbocycles. The number of fused-ring (bicyclic) bond motifs is 9. The standard InChI is InChI=1S/C47H30N4/c1-2-14-31(15-3-1)51-43-25-10-6-18-36(43)38-21-12-22-39(47(38)51)37-20-13-27-45-46(37)40-19-7-11-26-44(40)50(45)33-28-32(29-48-30-33)49-41-23-8-4-16-34(41)35-17-5-9-24-42(35)49/h1-30H. The summed E-state index contributed by atoms with van der Waals surface area (Å²) in [5, 5.41) is 7.42. The summed E-state index contributed by atoms with van der Waals surface area (Å²) in [6, 6.07) is 61.3. The first-order chi connectivity index (χ1) is 25.3. The van der Waals surface area contributed by atoms with Gasteiger partial charge in [-0.25, -0.2) is 0 Å². The number of para-hydroxylation sites is 6. The molecule has 0 saturated heterocycles. The third kappa shape index (κ3) is 3.99. The maximum Gasteiger partial charge on any atom is 0.0666 e. The minimum absolute atomic E-state index is 1.02. The van der Waals surface area contributed by atoms with Crippen LogP contribution in [0.15, 0.2) is 182 Å². The van der Waals surface area contributed by atoms with Crippen molar-refractivity contribution in [3.63, 3.8) is 0 Å². The lowest BCUT2D eigenvalue weighted by Gasteiger charge is -2.14. The van der Waals surface area contributed by atoms with Crippen LogP contribution in [0.2, 0.25) is 0 Å². The van der Waals surface area contributed by atoms with Crippen LogP contribution >= 0.6 is 0 Å². The van der Waals surface area contributed by atoms with E-state index in [2.05, 4.69) is 184 Å². The molecular formula is C47H30N4. The van der Waals surface area contributed by atoms with E-state index in [1.165, 1.54) is 65.5 Å². The van der Waals surface area contributed by atoms with Gasteiger partial charge in [0.15, 0.2) is 0 Å². The maximum absolute atomic E-state index is 4.87. The van der Waals surface area contributed by atoms with Gasteiger partial charge in [-0.3, -0.25) is 4.98 Å². The molecule has 0 amide bonds. The molecule has 11 rings (SSSR count). The van der Waals surface area contributed by atoms with Crippen LogP contribution in [-0.2, 0) is 0 Å². The van der Waals surface area contributed by atoms with Crippen LogP contribution in [-0.4, -0.2) is 18.7 Å². The average Bonchev–Trinajstić information content (AvgIpc) is 3.84. The van der Waals surface area contributed by atoms with Crippen molar-refractivity contribution < 1.29 is 0 Å². The Hall–Kier alpha value is -6.91. The van der Waals surface area contributed by atoms with Crippen LogP contribution in [0.5, 0.6) is 0 Å². The van der Waals surface area contributed by atoms with Crippen LogP contribution in [0.4, 0.5) is 0 Å². The van der Waals surface area contributed by atoms with Crippen molar-refractivity contribution in [2.75, 3.05) is 0 Å². The number of pyridine rings is 1. The molecule has 4 heterocycles. The van der Waals surface area contributed by atoms with Gasteiger partial charge in [-0.1, -0.05) is 121 Å². The fraction of sp³-hybridized carbons (Fsp3) is 0. The molecule has 0 fully saturated rings. The Morgan fingerprint density at radius 3 is 1.43 bits per heavy atom. The molecule has 0 aliphatic rings. The van der Waals surface area contributed by atoms with Crippen LogP contribution in [0.25, 0.3) is 93.6 Å². The van der Waals surface area contributed by atoms with Crippen molar-refractivity contribution in [3.05, 3.63) is 182 Å². The molecule has 0 atom stereocenters. The summed E-state index contributed by atoms with van der Waals surface area (Å²) in [4.78, 5) is 4.87. The second-order valence-corrected chi connectivity index (χ2v) is 13.2. The van der Waals surface area contributed by atoms with E-state index < -0.39 is 0 Å². The lowest BCUT2D eigenvalue weighted by molar-refractivity contribution is 1.09. The van der Waals surface area contributed by atoms with E-state index in [9.17, 15) is 0 Å². The van der Waals surface area contributed by atoms with Crippen molar-refractivity contribution in [1.29, 1.82) is 0 Å². The van der Waals surface area contributed by atoms with E-state index in [0.29, 0.717) is 0 Å². The first-order valence-corrected chi connectivity index (χ1v) is 17.4. The normalized spacial score (nSPS) is 11.9. The molecule has 0 N–H and O–H groups in total. The second kappa shape index (κ2) is 10.8. The molecule has 11 aromatic rings. The largest absolute Gasteiger partial charge is 0.309 e. The molecule has 7 aromatic carbocycles. The molecule has 0 aliphatic heterocycles. The third-order valence-corrected chi connectivity index (χ3v) is 10.5. The molecule has 4 aromatic heterocycles. The molecule has 0 unspecified atom stereocenters. The maximum atomic E-state index is 4.87. The van der Waals surface area contributed by atoms with Crippen LogP contribution < -0.4 is 0 Å². The van der Waals surface area contributed by atoms with Gasteiger partial charge in [0.2, 0.25) is 0 Å². The summed E-state index contributed by atoms with van der Waals surface area (Å²) >= 11 is 0. The van der Waals surface area contributed by atoms with Crippen molar-refractivity contribution in [1.82, 2.24) is 18.7 Å². The Morgan fingerprint density at radius 1 is 0.314 bits per heavy atom. The molecule has 4 heteroatoms. The van der Waals surface area contributed by atoms with Crippen molar-refractivity contribution >= 4 is 65.4 Å². The SMILES string of the molecule is c1ccc(-n2c3ccccc3c3cccc(-c4cccc5c4c4ccccc4n5-c4cncc(-n5c6ccccc6c6ccccc65)c4)c32)cc1. The number of aromatic nitrogens is 4. The molecular weight excluding hydrogens is 621 g/mol. The Bertz CT molecular complexity index is 3090. The number of rotatable bonds is 4. The summed E-state index contributed by atoms with van der Waals surface area (Å²) in [6.45, 7) is 0. The highest BCUT2D eigenvalue weighted by molar-refractivity contribution is 6.20. The van der Waals surface area contributed by atoms with E-state index in [-0.39, 0.29) is 0 Å². The zero-order valence-electron chi connectivity index (χ0n) is 27.6. The van der Waals surface area contributed by atoms with Gasteiger partial charge in [0.1, 0.15) is 0 Å². The molecule has 4 nitrogen and oxygen atoms in total. The fourth-order valence-electron chi connectivity index (χ4n) is 8.46. The van der Waals surface area contributed by atoms with Crippen LogP contribution in [0, 0.1) is 0 Å². The lowest BCUT2D eigenvalue weighted by Crippen LogP contribution is -2.00. The Kier molecular flexibility index (Phi) is 5.92. The number of nitrogens with zero attached hydrogens (tertiary/aromatic N) is 4.